The van der Waals surface area contributed by atoms with Crippen LogP contribution < -0.4 is 26.6 Å². The number of aliphatic hydroxyl groups is 2. The quantitative estimate of drug-likeness (QED) is 0.167. The maximum absolute atomic E-state index is 13.8. The summed E-state index contributed by atoms with van der Waals surface area (Å²) in [6.07, 6.45) is -3.99. The Morgan fingerprint density at radius 2 is 1.95 bits per heavy atom. The molecule has 1 fully saturated rings. The van der Waals surface area contributed by atoms with Crippen molar-refractivity contribution in [1.29, 1.82) is 0 Å². The number of ether oxygens (including phenoxy) is 2. The van der Waals surface area contributed by atoms with Gasteiger partial charge in [0.05, 0.1) is 6.61 Å². The smallest absolute Gasteiger partial charge is 0.459 e. The van der Waals surface area contributed by atoms with Crippen molar-refractivity contribution in [3.05, 3.63) is 75.6 Å². The van der Waals surface area contributed by atoms with Gasteiger partial charge < -0.3 is 24.2 Å². The second-order valence-electron chi connectivity index (χ2n) is 8.40. The number of rotatable bonds is 10. The SMILES string of the molecule is CCOC(=O)CNP(=O)(OC[C@@]1(N)O[C@@H](n2ccc(=O)[nH]c2=O)[C@H](O)[C@@H]1O)Oc1cccc2ccccc12. The zero-order valence-corrected chi connectivity index (χ0v) is 21.1. The molecule has 1 aromatic heterocycles. The summed E-state index contributed by atoms with van der Waals surface area (Å²) in [5.74, 6) is -0.565. The van der Waals surface area contributed by atoms with Crippen molar-refractivity contribution in [2.45, 2.75) is 31.1 Å². The first-order valence-corrected chi connectivity index (χ1v) is 13.1. The number of hydrogen-bond donors (Lipinski definition) is 5. The van der Waals surface area contributed by atoms with Crippen molar-refractivity contribution in [1.82, 2.24) is 14.6 Å². The monoisotopic (exact) mass is 550 g/mol. The number of H-pyrrole nitrogens is 1. The van der Waals surface area contributed by atoms with E-state index in [2.05, 4.69) is 5.09 Å². The second-order valence-corrected chi connectivity index (χ2v) is 10.1. The third-order valence-electron chi connectivity index (χ3n) is 5.73. The summed E-state index contributed by atoms with van der Waals surface area (Å²) >= 11 is 0. The number of nitrogens with zero attached hydrogens (tertiary/aromatic N) is 1. The molecule has 15 heteroatoms. The molecule has 1 aliphatic heterocycles. The van der Waals surface area contributed by atoms with Crippen LogP contribution in [0.2, 0.25) is 0 Å². The first kappa shape index (κ1) is 27.7. The predicted octanol–water partition coefficient (Wildman–Crippen LogP) is -0.0482. The minimum Gasteiger partial charge on any atom is -0.465 e. The highest BCUT2D eigenvalue weighted by atomic mass is 31.2. The molecular formula is C23H27N4O10P. The van der Waals surface area contributed by atoms with E-state index in [0.717, 1.165) is 22.2 Å². The molecule has 0 bridgehead atoms. The molecule has 5 atom stereocenters. The Bertz CT molecular complexity index is 1470. The molecule has 1 saturated heterocycles. The lowest BCUT2D eigenvalue weighted by molar-refractivity contribution is -0.141. The number of aromatic amines is 1. The van der Waals surface area contributed by atoms with Crippen LogP contribution in [0.1, 0.15) is 13.2 Å². The Morgan fingerprint density at radius 1 is 1.21 bits per heavy atom. The van der Waals surface area contributed by atoms with Crippen LogP contribution in [0, 0.1) is 0 Å². The van der Waals surface area contributed by atoms with Crippen molar-refractivity contribution in [3.63, 3.8) is 0 Å². The molecule has 0 amide bonds. The first-order chi connectivity index (χ1) is 18.0. The summed E-state index contributed by atoms with van der Waals surface area (Å²) in [6.45, 7) is 0.338. The highest BCUT2D eigenvalue weighted by Crippen LogP contribution is 2.47. The number of fused-ring (bicyclic) bond motifs is 1. The van der Waals surface area contributed by atoms with Gasteiger partial charge in [0.2, 0.25) is 0 Å². The Hall–Kier alpha value is -3.36. The van der Waals surface area contributed by atoms with Gasteiger partial charge in [0.15, 0.2) is 12.0 Å². The third kappa shape index (κ3) is 5.87. The number of carbonyl (C=O) groups is 1. The van der Waals surface area contributed by atoms with Crippen LogP contribution in [0.5, 0.6) is 5.75 Å². The minimum absolute atomic E-state index is 0.0885. The molecule has 6 N–H and O–H groups in total. The molecule has 14 nitrogen and oxygen atoms in total. The summed E-state index contributed by atoms with van der Waals surface area (Å²) in [4.78, 5) is 37.5. The molecule has 1 unspecified atom stereocenters. The highest BCUT2D eigenvalue weighted by molar-refractivity contribution is 7.52. The number of aromatic nitrogens is 2. The number of benzene rings is 2. The van der Waals surface area contributed by atoms with Gasteiger partial charge in [0, 0.05) is 17.6 Å². The number of esters is 1. The topological polar surface area (TPSA) is 204 Å². The van der Waals surface area contributed by atoms with Crippen molar-refractivity contribution < 1.29 is 38.1 Å². The maximum Gasteiger partial charge on any atom is 0.459 e. The Labute approximate surface area is 215 Å². The van der Waals surface area contributed by atoms with E-state index in [9.17, 15) is 29.2 Å². The Balaban J connectivity index is 1.58. The van der Waals surface area contributed by atoms with Gasteiger partial charge in [-0.3, -0.25) is 29.4 Å². The molecule has 0 saturated carbocycles. The van der Waals surface area contributed by atoms with Crippen LogP contribution >= 0.6 is 7.75 Å². The lowest BCUT2D eigenvalue weighted by Gasteiger charge is -2.29. The number of nitrogens with one attached hydrogen (secondary N) is 2. The van der Waals surface area contributed by atoms with Crippen LogP contribution in [-0.4, -0.2) is 63.4 Å². The average molecular weight is 550 g/mol. The lowest BCUT2D eigenvalue weighted by atomic mass is 10.1. The molecule has 1 aliphatic rings. The van der Waals surface area contributed by atoms with Gasteiger partial charge >= 0.3 is 19.4 Å². The first-order valence-electron chi connectivity index (χ1n) is 11.5. The van der Waals surface area contributed by atoms with Crippen LogP contribution in [0.25, 0.3) is 10.8 Å². The molecule has 204 valence electrons. The molecule has 0 radical (unpaired) electrons. The van der Waals surface area contributed by atoms with Gasteiger partial charge in [0.25, 0.3) is 5.56 Å². The molecule has 2 heterocycles. The van der Waals surface area contributed by atoms with Gasteiger partial charge in [-0.2, -0.15) is 0 Å². The van der Waals surface area contributed by atoms with Crippen LogP contribution in [0.4, 0.5) is 0 Å². The highest BCUT2D eigenvalue weighted by Gasteiger charge is 2.54. The van der Waals surface area contributed by atoms with E-state index >= 15 is 0 Å². The van der Waals surface area contributed by atoms with E-state index in [1.807, 2.05) is 23.2 Å². The zero-order valence-electron chi connectivity index (χ0n) is 20.2. The number of carbonyl (C=O) groups excluding carboxylic acids is 1. The molecule has 0 spiro atoms. The predicted molar refractivity (Wildman–Crippen MR) is 133 cm³/mol. The van der Waals surface area contributed by atoms with Crippen molar-refractivity contribution in [2.75, 3.05) is 19.8 Å². The van der Waals surface area contributed by atoms with E-state index in [-0.39, 0.29) is 12.4 Å². The van der Waals surface area contributed by atoms with E-state index in [1.165, 1.54) is 0 Å². The summed E-state index contributed by atoms with van der Waals surface area (Å²) in [5.41, 5.74) is 2.38. The fraction of sp³-hybridized carbons (Fsp3) is 0.348. The van der Waals surface area contributed by atoms with Crippen molar-refractivity contribution in [3.8, 4) is 5.75 Å². The third-order valence-corrected chi connectivity index (χ3v) is 7.18. The molecule has 3 aromatic rings. The molecule has 38 heavy (non-hydrogen) atoms. The van der Waals surface area contributed by atoms with E-state index in [1.54, 1.807) is 31.2 Å². The van der Waals surface area contributed by atoms with Gasteiger partial charge in [-0.1, -0.05) is 36.4 Å². The Morgan fingerprint density at radius 3 is 2.68 bits per heavy atom. The Kier molecular flexibility index (Phi) is 8.13. The number of aliphatic hydroxyl groups excluding tert-OH is 2. The maximum atomic E-state index is 13.8. The summed E-state index contributed by atoms with van der Waals surface area (Å²) in [5, 5.41) is 24.9. The van der Waals surface area contributed by atoms with Crippen molar-refractivity contribution >= 4 is 24.5 Å². The standard InChI is InChI=1S/C23H27N4O10P/c1-2-34-18(29)12-25-38(33,37-16-9-5-7-14-6-3-4-8-15(14)16)35-13-23(24)20(31)19(30)21(36-23)27-11-10-17(28)26-22(27)32/h3-11,19-21,30-31H,2,12-13,24H2,1H3,(H,25,33)(H,26,28,32)/t19-,20+,21-,23-,38?/m1/s1. The fourth-order valence-electron chi connectivity index (χ4n) is 3.85. The van der Waals surface area contributed by atoms with Gasteiger partial charge in [0.1, 0.15) is 31.1 Å². The number of hydrogen-bond acceptors (Lipinski definition) is 11. The average Bonchev–Trinajstić information content (AvgIpc) is 3.11. The van der Waals surface area contributed by atoms with Gasteiger partial charge in [-0.25, -0.2) is 14.4 Å². The molecule has 2 aromatic carbocycles. The number of nitrogens with two attached hydrogens (primary N) is 1. The second kappa shape index (κ2) is 11.2. The van der Waals surface area contributed by atoms with E-state index in [4.69, 9.17) is 24.3 Å². The van der Waals surface area contributed by atoms with E-state index in [0.29, 0.717) is 5.39 Å². The molecule has 4 rings (SSSR count). The normalized spacial score (nSPS) is 24.7. The fourth-order valence-corrected chi connectivity index (χ4v) is 5.17. The summed E-state index contributed by atoms with van der Waals surface area (Å²) in [7, 11) is -4.39. The summed E-state index contributed by atoms with van der Waals surface area (Å²) < 4.78 is 36.2. The van der Waals surface area contributed by atoms with Crippen LogP contribution in [0.15, 0.2) is 64.3 Å². The lowest BCUT2D eigenvalue weighted by Crippen LogP contribution is -2.54. The molecule has 0 aliphatic carbocycles. The van der Waals surface area contributed by atoms with E-state index < -0.39 is 62.3 Å². The largest absolute Gasteiger partial charge is 0.465 e. The minimum atomic E-state index is -4.39. The van der Waals surface area contributed by atoms with Gasteiger partial charge in [-0.05, 0) is 18.4 Å². The van der Waals surface area contributed by atoms with Crippen LogP contribution in [0.3, 0.4) is 0 Å². The molecular weight excluding hydrogens is 523 g/mol. The van der Waals surface area contributed by atoms with Gasteiger partial charge in [-0.15, -0.1) is 0 Å². The van der Waals surface area contributed by atoms with Crippen LogP contribution in [-0.2, 0) is 23.4 Å². The van der Waals surface area contributed by atoms with Crippen molar-refractivity contribution in [2.24, 2.45) is 5.73 Å². The zero-order chi connectivity index (χ0) is 27.5. The summed E-state index contributed by atoms with van der Waals surface area (Å²) in [6, 6.07) is 13.2.